The summed E-state index contributed by atoms with van der Waals surface area (Å²) in [5.74, 6) is -1.20. The molecule has 1 N–H and O–H groups in total. The van der Waals surface area contributed by atoms with E-state index in [4.69, 9.17) is 4.74 Å². The molecule has 0 aliphatic heterocycles. The lowest BCUT2D eigenvalue weighted by atomic mass is 10.0. The van der Waals surface area contributed by atoms with Crippen molar-refractivity contribution in [2.75, 3.05) is 4.90 Å². The van der Waals surface area contributed by atoms with Gasteiger partial charge in [-0.1, -0.05) is 50.2 Å². The molecule has 1 atom stereocenters. The Hall–Kier alpha value is -3.52. The number of aromatic nitrogens is 1. The lowest BCUT2D eigenvalue weighted by Gasteiger charge is -2.20. The van der Waals surface area contributed by atoms with Crippen LogP contribution in [-0.2, 0) is 20.9 Å². The molecular weight excluding hydrogens is 426 g/mol. The van der Waals surface area contributed by atoms with E-state index in [1.165, 1.54) is 23.2 Å². The van der Waals surface area contributed by atoms with Crippen LogP contribution < -0.4 is 10.2 Å². The van der Waals surface area contributed by atoms with Gasteiger partial charge in [0.2, 0.25) is 5.91 Å². The minimum Gasteiger partial charge on any atom is -0.458 e. The number of ether oxygens (including phenoxy) is 1. The molecule has 0 radical (unpaired) electrons. The van der Waals surface area contributed by atoms with Gasteiger partial charge in [0.25, 0.3) is 5.91 Å². The largest absolute Gasteiger partial charge is 0.458 e. The summed E-state index contributed by atoms with van der Waals surface area (Å²) < 4.78 is 5.43. The van der Waals surface area contributed by atoms with E-state index in [0.717, 1.165) is 0 Å². The zero-order chi connectivity index (χ0) is 23.1. The van der Waals surface area contributed by atoms with E-state index in [9.17, 15) is 14.4 Å². The fraction of sp³-hybridized carbons (Fsp3) is 0.250. The molecule has 8 heteroatoms. The zero-order valence-electron chi connectivity index (χ0n) is 18.1. The van der Waals surface area contributed by atoms with Gasteiger partial charge in [-0.3, -0.25) is 14.5 Å². The van der Waals surface area contributed by atoms with Crippen LogP contribution in [0.3, 0.4) is 0 Å². The first-order valence-electron chi connectivity index (χ1n) is 10.2. The van der Waals surface area contributed by atoms with E-state index in [-0.39, 0.29) is 24.3 Å². The van der Waals surface area contributed by atoms with Gasteiger partial charge in [0, 0.05) is 17.9 Å². The van der Waals surface area contributed by atoms with Crippen LogP contribution in [0, 0.1) is 5.92 Å². The second-order valence-corrected chi connectivity index (χ2v) is 8.32. The fourth-order valence-corrected chi connectivity index (χ4v) is 3.89. The highest BCUT2D eigenvalue weighted by Gasteiger charge is 2.26. The molecule has 166 valence electrons. The summed E-state index contributed by atoms with van der Waals surface area (Å²) in [5, 5.41) is 4.98. The Morgan fingerprint density at radius 1 is 1.03 bits per heavy atom. The monoisotopic (exact) mass is 451 g/mol. The van der Waals surface area contributed by atoms with E-state index in [1.807, 2.05) is 50.2 Å². The van der Waals surface area contributed by atoms with Crippen molar-refractivity contribution in [1.82, 2.24) is 10.3 Å². The zero-order valence-corrected chi connectivity index (χ0v) is 19.0. The van der Waals surface area contributed by atoms with Crippen molar-refractivity contribution in [1.29, 1.82) is 0 Å². The first-order valence-corrected chi connectivity index (χ1v) is 11.1. The van der Waals surface area contributed by atoms with Crippen LogP contribution >= 0.6 is 11.3 Å². The first kappa shape index (κ1) is 23.1. The van der Waals surface area contributed by atoms with Crippen LogP contribution in [0.15, 0.2) is 66.0 Å². The molecule has 3 rings (SSSR count). The molecule has 1 unspecified atom stereocenters. The van der Waals surface area contributed by atoms with Crippen LogP contribution in [0.25, 0.3) is 0 Å². The molecule has 0 aliphatic carbocycles. The van der Waals surface area contributed by atoms with Crippen molar-refractivity contribution in [3.05, 3.63) is 77.3 Å². The number of rotatable bonds is 8. The Bertz CT molecular complexity index is 1070. The molecule has 2 aromatic carbocycles. The predicted octanol–water partition coefficient (Wildman–Crippen LogP) is 4.33. The molecule has 2 amide bonds. The molecule has 3 aromatic rings. The predicted molar refractivity (Wildman–Crippen MR) is 124 cm³/mol. The van der Waals surface area contributed by atoms with Gasteiger partial charge in [-0.15, -0.1) is 11.3 Å². The molecule has 7 nitrogen and oxygen atoms in total. The Kier molecular flexibility index (Phi) is 7.72. The smallest absolute Gasteiger partial charge is 0.329 e. The number of esters is 1. The van der Waals surface area contributed by atoms with E-state index < -0.39 is 12.0 Å². The molecule has 0 saturated carbocycles. The average Bonchev–Trinajstić information content (AvgIpc) is 3.25. The third-order valence-electron chi connectivity index (χ3n) is 4.67. The lowest BCUT2D eigenvalue weighted by molar-refractivity contribution is -0.148. The maximum atomic E-state index is 12.7. The molecule has 0 bridgehead atoms. The second-order valence-electron chi connectivity index (χ2n) is 7.48. The van der Waals surface area contributed by atoms with Crippen LogP contribution in [-0.4, -0.2) is 28.8 Å². The molecule has 0 aliphatic rings. The van der Waals surface area contributed by atoms with Crippen molar-refractivity contribution in [2.45, 2.75) is 33.4 Å². The van der Waals surface area contributed by atoms with Crippen LogP contribution in [0.2, 0.25) is 0 Å². The molecule has 0 spiro atoms. The van der Waals surface area contributed by atoms with E-state index in [1.54, 1.807) is 29.6 Å². The van der Waals surface area contributed by atoms with Crippen molar-refractivity contribution in [3.63, 3.8) is 0 Å². The van der Waals surface area contributed by atoms with Gasteiger partial charge in [0.15, 0.2) is 5.13 Å². The van der Waals surface area contributed by atoms with Crippen LogP contribution in [0.5, 0.6) is 0 Å². The van der Waals surface area contributed by atoms with Gasteiger partial charge in [0.1, 0.15) is 12.6 Å². The number of thiazole rings is 1. The fourth-order valence-electron chi connectivity index (χ4n) is 3.02. The standard InChI is InChI=1S/C24H25N3O4S/c1-16(2)21(26-22(29)18-10-6-4-7-11-18)23(30)31-14-19-15-32-24(25-19)27(17(3)28)20-12-8-5-9-13-20/h4-13,15-16,21H,14H2,1-3H3,(H,26,29). The molecular formula is C24H25N3O4S. The van der Waals surface area contributed by atoms with Crippen LogP contribution in [0.4, 0.5) is 10.8 Å². The Morgan fingerprint density at radius 3 is 2.25 bits per heavy atom. The Morgan fingerprint density at radius 2 is 1.66 bits per heavy atom. The number of hydrogen-bond donors (Lipinski definition) is 1. The quantitative estimate of drug-likeness (QED) is 0.515. The van der Waals surface area contributed by atoms with E-state index >= 15 is 0 Å². The van der Waals surface area contributed by atoms with Gasteiger partial charge in [-0.25, -0.2) is 9.78 Å². The molecule has 32 heavy (non-hydrogen) atoms. The summed E-state index contributed by atoms with van der Waals surface area (Å²) in [7, 11) is 0. The number of hydrogen-bond acceptors (Lipinski definition) is 6. The summed E-state index contributed by atoms with van der Waals surface area (Å²) in [5.41, 5.74) is 1.71. The molecule has 1 heterocycles. The van der Waals surface area contributed by atoms with Crippen LogP contribution in [0.1, 0.15) is 36.8 Å². The third kappa shape index (κ3) is 5.79. The van der Waals surface area contributed by atoms with Crippen molar-refractivity contribution in [2.24, 2.45) is 5.92 Å². The minimum absolute atomic E-state index is 0.0553. The highest BCUT2D eigenvalue weighted by molar-refractivity contribution is 7.14. The summed E-state index contributed by atoms with van der Waals surface area (Å²) in [6.45, 7) is 5.09. The van der Waals surface area contributed by atoms with Gasteiger partial charge < -0.3 is 10.1 Å². The number of nitrogens with zero attached hydrogens (tertiary/aromatic N) is 2. The number of para-hydroxylation sites is 1. The number of amides is 2. The molecule has 0 saturated heterocycles. The average molecular weight is 452 g/mol. The Balaban J connectivity index is 1.65. The Labute approximate surface area is 191 Å². The summed E-state index contributed by atoms with van der Waals surface area (Å²) >= 11 is 1.29. The lowest BCUT2D eigenvalue weighted by Crippen LogP contribution is -2.45. The first-order chi connectivity index (χ1) is 15.4. The highest BCUT2D eigenvalue weighted by atomic mass is 32.1. The van der Waals surface area contributed by atoms with E-state index in [0.29, 0.717) is 22.1 Å². The van der Waals surface area contributed by atoms with Gasteiger partial charge in [-0.05, 0) is 30.2 Å². The van der Waals surface area contributed by atoms with Gasteiger partial charge in [-0.2, -0.15) is 0 Å². The third-order valence-corrected chi connectivity index (χ3v) is 5.54. The number of nitrogens with one attached hydrogen (secondary N) is 1. The van der Waals surface area contributed by atoms with Crippen molar-refractivity contribution >= 4 is 39.9 Å². The summed E-state index contributed by atoms with van der Waals surface area (Å²) in [4.78, 5) is 43.2. The maximum Gasteiger partial charge on any atom is 0.329 e. The number of anilines is 2. The highest BCUT2D eigenvalue weighted by Crippen LogP contribution is 2.29. The number of benzene rings is 2. The van der Waals surface area contributed by atoms with Crippen molar-refractivity contribution < 1.29 is 19.1 Å². The topological polar surface area (TPSA) is 88.6 Å². The minimum atomic E-state index is -0.793. The summed E-state index contributed by atoms with van der Waals surface area (Å²) in [6.07, 6.45) is 0. The second kappa shape index (κ2) is 10.7. The maximum absolute atomic E-state index is 12.7. The number of carbonyl (C=O) groups is 3. The molecule has 0 fully saturated rings. The van der Waals surface area contributed by atoms with E-state index in [2.05, 4.69) is 10.3 Å². The van der Waals surface area contributed by atoms with Gasteiger partial charge in [0.05, 0.1) is 11.4 Å². The number of carbonyl (C=O) groups excluding carboxylic acids is 3. The summed E-state index contributed by atoms with van der Waals surface area (Å²) in [6, 6.07) is 17.1. The van der Waals surface area contributed by atoms with Crippen molar-refractivity contribution in [3.8, 4) is 0 Å². The SMILES string of the molecule is CC(=O)N(c1ccccc1)c1nc(COC(=O)C(NC(=O)c2ccccc2)C(C)C)cs1. The van der Waals surface area contributed by atoms with Gasteiger partial charge >= 0.3 is 5.97 Å². The molecule has 1 aromatic heterocycles. The normalized spacial score (nSPS) is 11.6.